The van der Waals surface area contributed by atoms with Gasteiger partial charge in [0.2, 0.25) is 5.91 Å². The number of carbonyl (C=O) groups excluding carboxylic acids is 2. The zero-order valence-electron chi connectivity index (χ0n) is 16.7. The molecule has 0 unspecified atom stereocenters. The number of halogens is 1. The highest BCUT2D eigenvalue weighted by atomic mass is 35.5. The predicted molar refractivity (Wildman–Crippen MR) is 118 cm³/mol. The Labute approximate surface area is 183 Å². The number of hydrogen-bond donors (Lipinski definition) is 1. The van der Waals surface area contributed by atoms with Crippen LogP contribution in [0.4, 0.5) is 11.4 Å². The quantitative estimate of drug-likeness (QED) is 0.529. The number of hydrogen-bond acceptors (Lipinski definition) is 4. The molecule has 154 valence electrons. The number of nitrogens with one attached hydrogen (secondary N) is 1. The van der Waals surface area contributed by atoms with Gasteiger partial charge in [0.25, 0.3) is 5.91 Å². The van der Waals surface area contributed by atoms with Crippen LogP contribution in [-0.2, 0) is 17.8 Å². The first-order valence-corrected chi connectivity index (χ1v) is 10.2. The molecule has 0 saturated heterocycles. The van der Waals surface area contributed by atoms with Crippen LogP contribution in [0.2, 0.25) is 5.02 Å². The van der Waals surface area contributed by atoms with Gasteiger partial charge in [0.05, 0.1) is 18.7 Å². The van der Waals surface area contributed by atoms with Crippen LogP contribution in [0.15, 0.2) is 60.9 Å². The molecule has 31 heavy (non-hydrogen) atoms. The van der Waals surface area contributed by atoms with Crippen molar-refractivity contribution >= 4 is 40.4 Å². The summed E-state index contributed by atoms with van der Waals surface area (Å²) in [6.45, 7) is 2.22. The standard InChI is InChI=1S/C23H18ClN5O2/c1-14-21(22-25-9-2-10-29(22)27-14)23(31)26-18-7-3-15(4-8-18)13-28-19-12-17(24)6-5-16(19)11-20(28)30/h2-10,12H,11,13H2,1H3,(H,26,31). The number of anilines is 2. The SMILES string of the molecule is Cc1nn2cccnc2c1C(=O)Nc1ccc(CN2C(=O)Cc3ccc(Cl)cc32)cc1. The number of benzene rings is 2. The molecule has 4 aromatic rings. The summed E-state index contributed by atoms with van der Waals surface area (Å²) in [6.07, 6.45) is 3.77. The highest BCUT2D eigenvalue weighted by Crippen LogP contribution is 2.32. The highest BCUT2D eigenvalue weighted by Gasteiger charge is 2.27. The zero-order chi connectivity index (χ0) is 21.5. The van der Waals surface area contributed by atoms with Crippen molar-refractivity contribution < 1.29 is 9.59 Å². The van der Waals surface area contributed by atoms with Crippen molar-refractivity contribution in [1.82, 2.24) is 14.6 Å². The molecule has 0 radical (unpaired) electrons. The van der Waals surface area contributed by atoms with Gasteiger partial charge in [0, 0.05) is 28.8 Å². The Hall–Kier alpha value is -3.71. The summed E-state index contributed by atoms with van der Waals surface area (Å²) in [5, 5.41) is 7.83. The zero-order valence-corrected chi connectivity index (χ0v) is 17.4. The Morgan fingerprint density at radius 2 is 2.00 bits per heavy atom. The molecule has 2 aromatic heterocycles. The van der Waals surface area contributed by atoms with E-state index in [1.165, 1.54) is 0 Å². The van der Waals surface area contributed by atoms with Gasteiger partial charge in [0.1, 0.15) is 5.56 Å². The first kappa shape index (κ1) is 19.3. The van der Waals surface area contributed by atoms with Crippen molar-refractivity contribution in [3.8, 4) is 0 Å². The van der Waals surface area contributed by atoms with Crippen molar-refractivity contribution in [2.75, 3.05) is 10.2 Å². The van der Waals surface area contributed by atoms with Gasteiger partial charge < -0.3 is 10.2 Å². The van der Waals surface area contributed by atoms with Gasteiger partial charge in [-0.2, -0.15) is 5.10 Å². The van der Waals surface area contributed by atoms with E-state index in [1.807, 2.05) is 36.4 Å². The van der Waals surface area contributed by atoms with E-state index in [-0.39, 0.29) is 11.8 Å². The van der Waals surface area contributed by atoms with Crippen LogP contribution in [0.1, 0.15) is 27.2 Å². The lowest BCUT2D eigenvalue weighted by Gasteiger charge is -2.18. The molecule has 0 saturated carbocycles. The van der Waals surface area contributed by atoms with E-state index < -0.39 is 0 Å². The van der Waals surface area contributed by atoms with Gasteiger partial charge in [-0.1, -0.05) is 29.8 Å². The maximum absolute atomic E-state index is 12.8. The monoisotopic (exact) mass is 431 g/mol. The molecule has 1 aliphatic rings. The van der Waals surface area contributed by atoms with E-state index in [1.54, 1.807) is 40.9 Å². The summed E-state index contributed by atoms with van der Waals surface area (Å²) in [4.78, 5) is 31.3. The maximum atomic E-state index is 12.8. The molecule has 0 atom stereocenters. The van der Waals surface area contributed by atoms with Crippen LogP contribution in [0.25, 0.3) is 5.65 Å². The Bertz CT molecular complexity index is 1330. The average Bonchev–Trinajstić information content (AvgIpc) is 3.25. The van der Waals surface area contributed by atoms with Crippen LogP contribution in [0.5, 0.6) is 0 Å². The molecule has 0 aliphatic carbocycles. The Balaban J connectivity index is 1.33. The first-order valence-electron chi connectivity index (χ1n) is 9.78. The van der Waals surface area contributed by atoms with Gasteiger partial charge in [-0.05, 0) is 48.4 Å². The fraction of sp³-hybridized carbons (Fsp3) is 0.130. The van der Waals surface area contributed by atoms with Crippen LogP contribution in [-0.4, -0.2) is 26.4 Å². The smallest absolute Gasteiger partial charge is 0.261 e. The van der Waals surface area contributed by atoms with Gasteiger partial charge in [-0.15, -0.1) is 0 Å². The molecular formula is C23H18ClN5O2. The van der Waals surface area contributed by atoms with E-state index >= 15 is 0 Å². The number of amides is 2. The van der Waals surface area contributed by atoms with Gasteiger partial charge in [0.15, 0.2) is 5.65 Å². The number of carbonyl (C=O) groups is 2. The van der Waals surface area contributed by atoms with Gasteiger partial charge >= 0.3 is 0 Å². The fourth-order valence-electron chi connectivity index (χ4n) is 3.84. The maximum Gasteiger partial charge on any atom is 0.261 e. The Morgan fingerprint density at radius 1 is 1.19 bits per heavy atom. The minimum Gasteiger partial charge on any atom is -0.322 e. The van der Waals surface area contributed by atoms with E-state index in [9.17, 15) is 9.59 Å². The molecule has 3 heterocycles. The van der Waals surface area contributed by atoms with E-state index in [4.69, 9.17) is 11.6 Å². The number of aromatic nitrogens is 3. The van der Waals surface area contributed by atoms with Crippen LogP contribution >= 0.6 is 11.6 Å². The summed E-state index contributed by atoms with van der Waals surface area (Å²) in [5.74, 6) is -0.219. The Morgan fingerprint density at radius 3 is 2.81 bits per heavy atom. The number of fused-ring (bicyclic) bond motifs is 2. The lowest BCUT2D eigenvalue weighted by atomic mass is 10.1. The van der Waals surface area contributed by atoms with Crippen LogP contribution in [0.3, 0.4) is 0 Å². The number of rotatable bonds is 4. The topological polar surface area (TPSA) is 79.6 Å². The summed E-state index contributed by atoms with van der Waals surface area (Å²) >= 11 is 6.11. The number of nitrogens with zero attached hydrogens (tertiary/aromatic N) is 4. The third-order valence-corrected chi connectivity index (χ3v) is 5.57. The number of aryl methyl sites for hydroxylation is 1. The van der Waals surface area contributed by atoms with Crippen molar-refractivity contribution in [1.29, 1.82) is 0 Å². The molecule has 2 amide bonds. The molecule has 1 aliphatic heterocycles. The molecule has 1 N–H and O–H groups in total. The third-order valence-electron chi connectivity index (χ3n) is 5.33. The van der Waals surface area contributed by atoms with Crippen LogP contribution < -0.4 is 10.2 Å². The highest BCUT2D eigenvalue weighted by molar-refractivity contribution is 6.31. The second kappa shape index (κ2) is 7.52. The molecule has 0 spiro atoms. The van der Waals surface area contributed by atoms with Crippen molar-refractivity contribution in [3.05, 3.63) is 88.3 Å². The second-order valence-corrected chi connectivity index (χ2v) is 7.87. The van der Waals surface area contributed by atoms with Gasteiger partial charge in [-0.25, -0.2) is 9.50 Å². The molecule has 8 heteroatoms. The predicted octanol–water partition coefficient (Wildman–Crippen LogP) is 4.03. The molecule has 2 aromatic carbocycles. The first-order chi connectivity index (χ1) is 15.0. The van der Waals surface area contributed by atoms with Gasteiger partial charge in [-0.3, -0.25) is 9.59 Å². The molecule has 5 rings (SSSR count). The molecule has 0 bridgehead atoms. The summed E-state index contributed by atoms with van der Waals surface area (Å²) < 4.78 is 1.59. The lowest BCUT2D eigenvalue weighted by Crippen LogP contribution is -2.26. The minimum atomic E-state index is -0.266. The molecular weight excluding hydrogens is 414 g/mol. The normalized spacial score (nSPS) is 13.0. The largest absolute Gasteiger partial charge is 0.322 e. The summed E-state index contributed by atoms with van der Waals surface area (Å²) in [5.41, 5.74) is 5.01. The minimum absolute atomic E-state index is 0.0470. The van der Waals surface area contributed by atoms with Crippen molar-refractivity contribution in [3.63, 3.8) is 0 Å². The van der Waals surface area contributed by atoms with E-state index in [0.29, 0.717) is 40.6 Å². The summed E-state index contributed by atoms with van der Waals surface area (Å²) in [6, 6.07) is 14.7. The van der Waals surface area contributed by atoms with Crippen LogP contribution in [0, 0.1) is 6.92 Å². The summed E-state index contributed by atoms with van der Waals surface area (Å²) in [7, 11) is 0. The fourth-order valence-corrected chi connectivity index (χ4v) is 4.00. The lowest BCUT2D eigenvalue weighted by molar-refractivity contribution is -0.117. The molecule has 7 nitrogen and oxygen atoms in total. The van der Waals surface area contributed by atoms with Crippen molar-refractivity contribution in [2.24, 2.45) is 0 Å². The Kier molecular flexibility index (Phi) is 4.67. The van der Waals surface area contributed by atoms with E-state index in [2.05, 4.69) is 15.4 Å². The average molecular weight is 432 g/mol. The second-order valence-electron chi connectivity index (χ2n) is 7.43. The third kappa shape index (κ3) is 3.53. The van der Waals surface area contributed by atoms with Crippen molar-refractivity contribution in [2.45, 2.75) is 19.9 Å². The van der Waals surface area contributed by atoms with E-state index in [0.717, 1.165) is 16.8 Å². The molecule has 0 fully saturated rings.